The molecule has 2 amide bonds. The summed E-state index contributed by atoms with van der Waals surface area (Å²) in [5, 5.41) is 3.23. The number of hydrogen-bond acceptors (Lipinski definition) is 7. The van der Waals surface area contributed by atoms with Crippen LogP contribution in [0.25, 0.3) is 11.0 Å². The van der Waals surface area contributed by atoms with Gasteiger partial charge in [0.25, 0.3) is 0 Å². The summed E-state index contributed by atoms with van der Waals surface area (Å²) in [5.41, 5.74) is 0.702. The average molecular weight is 416 g/mol. The van der Waals surface area contributed by atoms with E-state index in [0.717, 1.165) is 6.42 Å². The average Bonchev–Trinajstić information content (AvgIpc) is 3.14. The molecule has 9 heteroatoms. The summed E-state index contributed by atoms with van der Waals surface area (Å²) in [7, 11) is 0. The number of amides is 2. The quantitative estimate of drug-likeness (QED) is 0.602. The highest BCUT2D eigenvalue weighted by Gasteiger charge is 2.53. The standard InChI is InChI=1S/C20H20N2O6S/c1-11(23)21-13-3-4-14-12(7-18(25)28-16(14)8-13)9-27-19(26)15-10-29-20(2)6-5-17(24)22(15)20/h3-4,7-8,15H,5-6,9-10H2,1-2H3,(H,21,23)/t15-,20+/m1/s1. The van der Waals surface area contributed by atoms with Gasteiger partial charge in [0.05, 0.1) is 4.87 Å². The second kappa shape index (κ2) is 7.22. The molecule has 2 fully saturated rings. The SMILES string of the molecule is CC(=O)Nc1ccc2c(COC(=O)[C@H]3CS[C@@]4(C)CCC(=O)N34)cc(=O)oc2c1. The van der Waals surface area contributed by atoms with Crippen molar-refractivity contribution >= 4 is 46.2 Å². The van der Waals surface area contributed by atoms with Gasteiger partial charge in [-0.3, -0.25) is 9.59 Å². The number of thioether (sulfide) groups is 1. The first kappa shape index (κ1) is 19.5. The Kier molecular flexibility index (Phi) is 4.85. The third kappa shape index (κ3) is 3.62. The lowest BCUT2D eigenvalue weighted by atomic mass is 10.1. The molecular weight excluding hydrogens is 396 g/mol. The van der Waals surface area contributed by atoms with Crippen molar-refractivity contribution in [3.8, 4) is 0 Å². The molecule has 3 heterocycles. The first-order valence-corrected chi connectivity index (χ1v) is 10.2. The number of carbonyl (C=O) groups excluding carboxylic acids is 3. The molecule has 0 saturated carbocycles. The van der Waals surface area contributed by atoms with Gasteiger partial charge in [0.2, 0.25) is 11.8 Å². The highest BCUT2D eigenvalue weighted by Crippen LogP contribution is 2.47. The number of fused-ring (bicyclic) bond motifs is 2. The molecule has 2 aromatic rings. The van der Waals surface area contributed by atoms with E-state index in [1.54, 1.807) is 34.9 Å². The molecule has 2 atom stereocenters. The van der Waals surface area contributed by atoms with Crippen molar-refractivity contribution in [2.45, 2.75) is 44.2 Å². The summed E-state index contributed by atoms with van der Waals surface area (Å²) >= 11 is 1.59. The maximum atomic E-state index is 12.7. The van der Waals surface area contributed by atoms with E-state index in [1.807, 2.05) is 6.92 Å². The fourth-order valence-corrected chi connectivity index (χ4v) is 5.29. The van der Waals surface area contributed by atoms with Gasteiger partial charge in [0, 0.05) is 47.9 Å². The van der Waals surface area contributed by atoms with E-state index in [9.17, 15) is 19.2 Å². The molecule has 0 spiro atoms. The Morgan fingerprint density at radius 1 is 1.34 bits per heavy atom. The van der Waals surface area contributed by atoms with Crippen molar-refractivity contribution in [1.82, 2.24) is 4.90 Å². The number of esters is 1. The largest absolute Gasteiger partial charge is 0.459 e. The molecule has 0 aliphatic carbocycles. The molecule has 2 saturated heterocycles. The molecule has 0 unspecified atom stereocenters. The molecular formula is C20H20N2O6S. The number of rotatable bonds is 4. The Morgan fingerprint density at radius 2 is 2.14 bits per heavy atom. The molecule has 0 bridgehead atoms. The third-order valence-corrected chi connectivity index (χ3v) is 6.74. The van der Waals surface area contributed by atoms with Crippen LogP contribution in [0.15, 0.2) is 33.5 Å². The van der Waals surface area contributed by atoms with Gasteiger partial charge in [-0.15, -0.1) is 11.8 Å². The molecule has 1 aromatic heterocycles. The van der Waals surface area contributed by atoms with E-state index < -0.39 is 17.6 Å². The number of ether oxygens (including phenoxy) is 1. The summed E-state index contributed by atoms with van der Waals surface area (Å²) in [6, 6.07) is 5.59. The van der Waals surface area contributed by atoms with Gasteiger partial charge in [-0.05, 0) is 25.5 Å². The van der Waals surface area contributed by atoms with Crippen LogP contribution in [0, 0.1) is 0 Å². The van der Waals surface area contributed by atoms with Crippen LogP contribution in [0.5, 0.6) is 0 Å². The first-order chi connectivity index (χ1) is 13.8. The minimum absolute atomic E-state index is 0.0317. The van der Waals surface area contributed by atoms with Crippen LogP contribution in [0.1, 0.15) is 32.3 Å². The van der Waals surface area contributed by atoms with Crippen LogP contribution >= 0.6 is 11.8 Å². The highest BCUT2D eigenvalue weighted by molar-refractivity contribution is 8.01. The molecule has 29 heavy (non-hydrogen) atoms. The van der Waals surface area contributed by atoms with Crippen molar-refractivity contribution < 1.29 is 23.5 Å². The molecule has 4 rings (SSSR count). The molecule has 1 N–H and O–H groups in total. The second-order valence-electron chi connectivity index (χ2n) is 7.36. The number of anilines is 1. The van der Waals surface area contributed by atoms with E-state index in [0.29, 0.717) is 28.8 Å². The van der Waals surface area contributed by atoms with Crippen molar-refractivity contribution in [2.24, 2.45) is 0 Å². The topological polar surface area (TPSA) is 106 Å². The maximum absolute atomic E-state index is 12.7. The number of hydrogen-bond donors (Lipinski definition) is 1. The van der Waals surface area contributed by atoms with Crippen LogP contribution in [-0.4, -0.2) is 39.3 Å². The Morgan fingerprint density at radius 3 is 2.90 bits per heavy atom. The molecule has 152 valence electrons. The molecule has 2 aliphatic rings. The van der Waals surface area contributed by atoms with Gasteiger partial charge in [-0.25, -0.2) is 9.59 Å². The summed E-state index contributed by atoms with van der Waals surface area (Å²) in [5.74, 6) is -0.253. The van der Waals surface area contributed by atoms with Gasteiger partial charge >= 0.3 is 11.6 Å². The van der Waals surface area contributed by atoms with E-state index >= 15 is 0 Å². The third-order valence-electron chi connectivity index (χ3n) is 5.24. The van der Waals surface area contributed by atoms with Crippen LogP contribution in [0.3, 0.4) is 0 Å². The van der Waals surface area contributed by atoms with E-state index in [2.05, 4.69) is 5.32 Å². The fraction of sp³-hybridized carbons (Fsp3) is 0.400. The summed E-state index contributed by atoms with van der Waals surface area (Å²) < 4.78 is 10.7. The number of benzene rings is 1. The Labute approximate surface area is 170 Å². The number of nitrogens with one attached hydrogen (secondary N) is 1. The lowest BCUT2D eigenvalue weighted by Gasteiger charge is -2.29. The van der Waals surface area contributed by atoms with Gasteiger partial charge < -0.3 is 19.4 Å². The zero-order valence-corrected chi connectivity index (χ0v) is 16.8. The normalized spacial score (nSPS) is 23.3. The smallest absolute Gasteiger partial charge is 0.336 e. The monoisotopic (exact) mass is 416 g/mol. The molecule has 8 nitrogen and oxygen atoms in total. The minimum Gasteiger partial charge on any atom is -0.459 e. The van der Waals surface area contributed by atoms with Crippen molar-refractivity contribution in [1.29, 1.82) is 0 Å². The lowest BCUT2D eigenvalue weighted by Crippen LogP contribution is -2.46. The molecule has 2 aliphatic heterocycles. The van der Waals surface area contributed by atoms with Crippen molar-refractivity contribution in [3.05, 3.63) is 40.2 Å². The Hall–Kier alpha value is -2.81. The van der Waals surface area contributed by atoms with Crippen LogP contribution < -0.4 is 10.9 Å². The van der Waals surface area contributed by atoms with E-state index in [1.165, 1.54) is 13.0 Å². The number of carbonyl (C=O) groups is 3. The van der Waals surface area contributed by atoms with E-state index in [4.69, 9.17) is 9.15 Å². The van der Waals surface area contributed by atoms with Crippen LogP contribution in [0.2, 0.25) is 0 Å². The second-order valence-corrected chi connectivity index (χ2v) is 8.86. The summed E-state index contributed by atoms with van der Waals surface area (Å²) in [6.45, 7) is 3.24. The van der Waals surface area contributed by atoms with Gasteiger partial charge in [-0.2, -0.15) is 0 Å². The minimum atomic E-state index is -0.613. The van der Waals surface area contributed by atoms with Gasteiger partial charge in [0.1, 0.15) is 18.2 Å². The Bertz CT molecular complexity index is 1080. The Balaban J connectivity index is 1.54. The maximum Gasteiger partial charge on any atom is 0.336 e. The predicted molar refractivity (Wildman–Crippen MR) is 107 cm³/mol. The first-order valence-electron chi connectivity index (χ1n) is 9.24. The molecule has 1 aromatic carbocycles. The summed E-state index contributed by atoms with van der Waals surface area (Å²) in [4.78, 5) is 49.3. The lowest BCUT2D eigenvalue weighted by molar-refractivity contribution is -0.154. The predicted octanol–water partition coefficient (Wildman–Crippen LogP) is 2.25. The van der Waals surface area contributed by atoms with E-state index in [-0.39, 0.29) is 28.9 Å². The highest BCUT2D eigenvalue weighted by atomic mass is 32.2. The zero-order valence-electron chi connectivity index (χ0n) is 16.0. The zero-order chi connectivity index (χ0) is 20.8. The number of nitrogens with zero attached hydrogens (tertiary/aromatic N) is 1. The van der Waals surface area contributed by atoms with Crippen molar-refractivity contribution in [3.63, 3.8) is 0 Å². The summed E-state index contributed by atoms with van der Waals surface area (Å²) in [6.07, 6.45) is 1.16. The van der Waals surface area contributed by atoms with Crippen molar-refractivity contribution in [2.75, 3.05) is 11.1 Å². The van der Waals surface area contributed by atoms with Crippen LogP contribution in [-0.2, 0) is 25.7 Å². The molecule has 0 radical (unpaired) electrons. The van der Waals surface area contributed by atoms with Gasteiger partial charge in [0.15, 0.2) is 0 Å². The van der Waals surface area contributed by atoms with Crippen LogP contribution in [0.4, 0.5) is 5.69 Å². The van der Waals surface area contributed by atoms with Gasteiger partial charge in [-0.1, -0.05) is 0 Å². The fourth-order valence-electron chi connectivity index (χ4n) is 3.87.